The van der Waals surface area contributed by atoms with Crippen molar-refractivity contribution < 1.29 is 14.3 Å². The summed E-state index contributed by atoms with van der Waals surface area (Å²) in [5.74, 6) is 0.597. The zero-order valence-electron chi connectivity index (χ0n) is 15.0. The van der Waals surface area contributed by atoms with Crippen molar-refractivity contribution in [1.29, 1.82) is 0 Å². The number of ether oxygens (including phenoxy) is 1. The van der Waals surface area contributed by atoms with E-state index in [0.717, 1.165) is 29.8 Å². The quantitative estimate of drug-likeness (QED) is 0.870. The van der Waals surface area contributed by atoms with Gasteiger partial charge in [0.15, 0.2) is 0 Å². The molecule has 0 atom stereocenters. The normalized spacial score (nSPS) is 13.0. The van der Waals surface area contributed by atoms with Gasteiger partial charge < -0.3 is 15.0 Å². The minimum Gasteiger partial charge on any atom is -0.497 e. The molecule has 1 aliphatic rings. The average molecular weight is 352 g/mol. The number of amides is 2. The number of carbonyl (C=O) groups excluding carboxylic acids is 2. The highest BCUT2D eigenvalue weighted by Crippen LogP contribution is 2.26. The number of aryl methyl sites for hydroxylation is 2. The molecular weight excluding hydrogens is 328 g/mol. The first kappa shape index (κ1) is 18.0. The van der Waals surface area contributed by atoms with Gasteiger partial charge in [0, 0.05) is 18.7 Å². The van der Waals surface area contributed by atoms with Crippen LogP contribution in [0.4, 0.5) is 5.69 Å². The van der Waals surface area contributed by atoms with Crippen molar-refractivity contribution in [2.45, 2.75) is 25.7 Å². The molecule has 2 aromatic carbocycles. The summed E-state index contributed by atoms with van der Waals surface area (Å²) in [4.78, 5) is 26.4. The third kappa shape index (κ3) is 4.42. The van der Waals surface area contributed by atoms with Crippen LogP contribution < -0.4 is 15.0 Å². The Morgan fingerprint density at radius 1 is 1.15 bits per heavy atom. The predicted octanol–water partition coefficient (Wildman–Crippen LogP) is 2.72. The maximum atomic E-state index is 12.5. The summed E-state index contributed by atoms with van der Waals surface area (Å²) in [5, 5.41) is 2.75. The van der Waals surface area contributed by atoms with Gasteiger partial charge in [-0.05, 0) is 48.6 Å². The summed E-state index contributed by atoms with van der Waals surface area (Å²) in [6.07, 6.45) is 2.90. The minimum absolute atomic E-state index is 0.0330. The molecule has 26 heavy (non-hydrogen) atoms. The molecule has 0 saturated heterocycles. The third-order valence-electron chi connectivity index (χ3n) is 4.62. The van der Waals surface area contributed by atoms with Crippen LogP contribution in [0.1, 0.15) is 24.0 Å². The Kier molecular flexibility index (Phi) is 5.89. The molecule has 3 rings (SSSR count). The highest BCUT2D eigenvalue weighted by atomic mass is 16.5. The van der Waals surface area contributed by atoms with Gasteiger partial charge in [-0.2, -0.15) is 0 Å². The van der Waals surface area contributed by atoms with Crippen LogP contribution >= 0.6 is 0 Å². The molecule has 2 amide bonds. The first-order valence-electron chi connectivity index (χ1n) is 8.95. The van der Waals surface area contributed by atoms with E-state index in [-0.39, 0.29) is 18.4 Å². The van der Waals surface area contributed by atoms with Crippen molar-refractivity contribution in [1.82, 2.24) is 5.32 Å². The summed E-state index contributed by atoms with van der Waals surface area (Å²) in [6.45, 7) is 0.737. The van der Waals surface area contributed by atoms with E-state index >= 15 is 0 Å². The van der Waals surface area contributed by atoms with Crippen LogP contribution in [0.2, 0.25) is 0 Å². The van der Waals surface area contributed by atoms with Crippen LogP contribution in [-0.4, -0.2) is 32.0 Å². The molecule has 1 aliphatic heterocycles. The fourth-order valence-corrected chi connectivity index (χ4v) is 3.24. The number of carbonyl (C=O) groups is 2. The van der Waals surface area contributed by atoms with E-state index in [1.165, 1.54) is 5.56 Å². The lowest BCUT2D eigenvalue weighted by atomic mass is 10.0. The van der Waals surface area contributed by atoms with Crippen molar-refractivity contribution in [3.8, 4) is 5.75 Å². The van der Waals surface area contributed by atoms with Crippen LogP contribution in [0.15, 0.2) is 48.5 Å². The van der Waals surface area contributed by atoms with Crippen molar-refractivity contribution in [3.63, 3.8) is 0 Å². The van der Waals surface area contributed by atoms with Gasteiger partial charge in [-0.15, -0.1) is 0 Å². The average Bonchev–Trinajstić information content (AvgIpc) is 2.70. The second-order valence-corrected chi connectivity index (χ2v) is 6.41. The van der Waals surface area contributed by atoms with Crippen LogP contribution in [0, 0.1) is 0 Å². The Balaban J connectivity index is 1.49. The van der Waals surface area contributed by atoms with Gasteiger partial charge in [-0.3, -0.25) is 9.59 Å². The molecule has 2 aromatic rings. The molecule has 5 nitrogen and oxygen atoms in total. The first-order valence-corrected chi connectivity index (χ1v) is 8.95. The van der Waals surface area contributed by atoms with E-state index in [4.69, 9.17) is 4.74 Å². The summed E-state index contributed by atoms with van der Waals surface area (Å²) < 4.78 is 5.19. The molecular formula is C21H24N2O3. The topological polar surface area (TPSA) is 58.6 Å². The van der Waals surface area contributed by atoms with Gasteiger partial charge in [0.2, 0.25) is 11.8 Å². The molecule has 0 radical (unpaired) electrons. The monoisotopic (exact) mass is 352 g/mol. The molecule has 0 saturated carbocycles. The molecule has 0 unspecified atom stereocenters. The number of nitrogens with one attached hydrogen (secondary N) is 1. The number of benzene rings is 2. The van der Waals surface area contributed by atoms with E-state index in [9.17, 15) is 9.59 Å². The van der Waals surface area contributed by atoms with Crippen molar-refractivity contribution in [2.75, 3.05) is 25.1 Å². The molecule has 1 N–H and O–H groups in total. The van der Waals surface area contributed by atoms with Gasteiger partial charge >= 0.3 is 0 Å². The predicted molar refractivity (Wildman–Crippen MR) is 101 cm³/mol. The van der Waals surface area contributed by atoms with Gasteiger partial charge in [0.05, 0.1) is 13.7 Å². The number of anilines is 1. The number of fused-ring (bicyclic) bond motifs is 1. The number of para-hydroxylation sites is 1. The van der Waals surface area contributed by atoms with Crippen LogP contribution in [0.5, 0.6) is 5.75 Å². The molecule has 0 spiro atoms. The van der Waals surface area contributed by atoms with Crippen LogP contribution in [-0.2, 0) is 22.4 Å². The van der Waals surface area contributed by atoms with E-state index in [0.29, 0.717) is 19.4 Å². The lowest BCUT2D eigenvalue weighted by molar-refractivity contribution is -0.125. The second-order valence-electron chi connectivity index (χ2n) is 6.41. The molecule has 1 heterocycles. The summed E-state index contributed by atoms with van der Waals surface area (Å²) in [6, 6.07) is 15.6. The standard InChI is InChI=1S/C21H24N2O3/c1-26-18-9-4-6-16(14-18)11-12-20(24)22-15-21(25)23-13-5-8-17-7-2-3-10-19(17)23/h2-4,6-7,9-10,14H,5,8,11-13,15H2,1H3,(H,22,24). The fourth-order valence-electron chi connectivity index (χ4n) is 3.24. The zero-order valence-corrected chi connectivity index (χ0v) is 15.0. The van der Waals surface area contributed by atoms with Gasteiger partial charge in [-0.25, -0.2) is 0 Å². The Hall–Kier alpha value is -2.82. The highest BCUT2D eigenvalue weighted by Gasteiger charge is 2.22. The Bertz CT molecular complexity index is 788. The SMILES string of the molecule is COc1cccc(CCC(=O)NCC(=O)N2CCCc3ccccc32)c1. The van der Waals surface area contributed by atoms with E-state index < -0.39 is 0 Å². The number of hydrogen-bond acceptors (Lipinski definition) is 3. The van der Waals surface area contributed by atoms with Crippen molar-refractivity contribution in [2.24, 2.45) is 0 Å². The Morgan fingerprint density at radius 3 is 2.85 bits per heavy atom. The summed E-state index contributed by atoms with van der Waals surface area (Å²) in [5.41, 5.74) is 3.20. The van der Waals surface area contributed by atoms with Gasteiger partial charge in [0.1, 0.15) is 5.75 Å². The van der Waals surface area contributed by atoms with Crippen molar-refractivity contribution in [3.05, 3.63) is 59.7 Å². The van der Waals surface area contributed by atoms with E-state index in [1.54, 1.807) is 12.0 Å². The number of rotatable bonds is 6. The maximum Gasteiger partial charge on any atom is 0.246 e. The fraction of sp³-hybridized carbons (Fsp3) is 0.333. The molecule has 0 bridgehead atoms. The Labute approximate surface area is 154 Å². The first-order chi connectivity index (χ1) is 12.7. The lowest BCUT2D eigenvalue weighted by Gasteiger charge is -2.29. The maximum absolute atomic E-state index is 12.5. The Morgan fingerprint density at radius 2 is 2.00 bits per heavy atom. The van der Waals surface area contributed by atoms with E-state index in [1.807, 2.05) is 42.5 Å². The molecule has 0 aromatic heterocycles. The van der Waals surface area contributed by atoms with Gasteiger partial charge in [0.25, 0.3) is 0 Å². The third-order valence-corrected chi connectivity index (χ3v) is 4.62. The molecule has 136 valence electrons. The number of hydrogen-bond donors (Lipinski definition) is 1. The number of nitrogens with zero attached hydrogens (tertiary/aromatic N) is 1. The zero-order chi connectivity index (χ0) is 18.4. The summed E-state index contributed by atoms with van der Waals surface area (Å²) >= 11 is 0. The smallest absolute Gasteiger partial charge is 0.246 e. The second kappa shape index (κ2) is 8.52. The summed E-state index contributed by atoms with van der Waals surface area (Å²) in [7, 11) is 1.62. The highest BCUT2D eigenvalue weighted by molar-refractivity contribution is 5.97. The molecule has 0 fully saturated rings. The van der Waals surface area contributed by atoms with Crippen LogP contribution in [0.3, 0.4) is 0 Å². The van der Waals surface area contributed by atoms with Crippen molar-refractivity contribution >= 4 is 17.5 Å². The molecule has 0 aliphatic carbocycles. The lowest BCUT2D eigenvalue weighted by Crippen LogP contribution is -2.42. The number of methoxy groups -OCH3 is 1. The van der Waals surface area contributed by atoms with E-state index in [2.05, 4.69) is 11.4 Å². The minimum atomic E-state index is -0.119. The molecule has 5 heteroatoms. The largest absolute Gasteiger partial charge is 0.497 e. The van der Waals surface area contributed by atoms with Crippen LogP contribution in [0.25, 0.3) is 0 Å². The van der Waals surface area contributed by atoms with Gasteiger partial charge in [-0.1, -0.05) is 30.3 Å².